The number of halogens is 1. The normalized spacial score (nSPS) is 23.3. The lowest BCUT2D eigenvalue weighted by atomic mass is 10.0. The first-order valence-corrected chi connectivity index (χ1v) is 8.62. The first-order chi connectivity index (χ1) is 11.3. The van der Waals surface area contributed by atoms with Crippen LogP contribution in [-0.4, -0.2) is 49.1 Å². The van der Waals surface area contributed by atoms with Crippen LogP contribution in [0.1, 0.15) is 31.1 Å². The predicted octanol–water partition coefficient (Wildman–Crippen LogP) is 3.46. The zero-order valence-corrected chi connectivity index (χ0v) is 15.0. The van der Waals surface area contributed by atoms with E-state index in [1.54, 1.807) is 17.0 Å². The number of hydrogen-bond acceptors (Lipinski definition) is 4. The number of ether oxygens (including phenoxy) is 1. The zero-order valence-electron chi connectivity index (χ0n) is 14.3. The van der Waals surface area contributed by atoms with E-state index >= 15 is 0 Å². The van der Waals surface area contributed by atoms with Crippen molar-refractivity contribution >= 4 is 29.7 Å². The molecule has 1 amide bonds. The molecule has 5 nitrogen and oxygen atoms in total. The molecule has 2 aliphatic heterocycles. The molecule has 0 saturated carbocycles. The van der Waals surface area contributed by atoms with Crippen molar-refractivity contribution in [2.24, 2.45) is 11.8 Å². The predicted molar refractivity (Wildman–Crippen MR) is 93.8 cm³/mol. The van der Waals surface area contributed by atoms with Gasteiger partial charge in [0, 0.05) is 54.3 Å². The van der Waals surface area contributed by atoms with Crippen molar-refractivity contribution < 1.29 is 14.3 Å². The Bertz CT molecular complexity index is 642. The molecule has 0 aromatic heterocycles. The molecule has 1 aromatic rings. The van der Waals surface area contributed by atoms with Gasteiger partial charge in [-0.3, -0.25) is 4.79 Å². The van der Waals surface area contributed by atoms with Gasteiger partial charge in [-0.25, -0.2) is 4.79 Å². The maximum atomic E-state index is 12.2. The molecule has 2 saturated heterocycles. The number of aldehydes is 1. The molecule has 0 spiro atoms. The van der Waals surface area contributed by atoms with Crippen molar-refractivity contribution in [3.8, 4) is 0 Å². The number of fused-ring (bicyclic) bond motifs is 1. The molecule has 0 radical (unpaired) electrons. The van der Waals surface area contributed by atoms with E-state index < -0.39 is 5.60 Å². The van der Waals surface area contributed by atoms with E-state index in [2.05, 4.69) is 4.90 Å². The van der Waals surface area contributed by atoms with E-state index in [4.69, 9.17) is 16.3 Å². The highest BCUT2D eigenvalue weighted by Crippen LogP contribution is 2.36. The average molecular weight is 351 g/mol. The molecule has 24 heavy (non-hydrogen) atoms. The zero-order chi connectivity index (χ0) is 17.5. The molecule has 2 atom stereocenters. The van der Waals surface area contributed by atoms with Gasteiger partial charge in [-0.15, -0.1) is 0 Å². The maximum Gasteiger partial charge on any atom is 0.410 e. The number of anilines is 1. The quantitative estimate of drug-likeness (QED) is 0.766. The Morgan fingerprint density at radius 3 is 2.38 bits per heavy atom. The summed E-state index contributed by atoms with van der Waals surface area (Å²) in [4.78, 5) is 27.5. The van der Waals surface area contributed by atoms with Crippen LogP contribution < -0.4 is 4.90 Å². The van der Waals surface area contributed by atoms with Gasteiger partial charge in [0.15, 0.2) is 6.29 Å². The van der Waals surface area contributed by atoms with E-state index in [9.17, 15) is 9.59 Å². The second-order valence-corrected chi connectivity index (χ2v) is 8.07. The number of benzene rings is 1. The Morgan fingerprint density at radius 2 is 1.83 bits per heavy atom. The van der Waals surface area contributed by atoms with Crippen LogP contribution in [0, 0.1) is 11.8 Å². The van der Waals surface area contributed by atoms with Gasteiger partial charge in [-0.1, -0.05) is 11.6 Å². The first kappa shape index (κ1) is 17.1. The van der Waals surface area contributed by atoms with E-state index in [-0.39, 0.29) is 6.09 Å². The fraction of sp³-hybridized carbons (Fsp3) is 0.556. The summed E-state index contributed by atoms with van der Waals surface area (Å²) in [7, 11) is 0. The summed E-state index contributed by atoms with van der Waals surface area (Å²) in [5, 5.41) is 0.628. The Labute approximate surface area is 147 Å². The highest BCUT2D eigenvalue weighted by Gasteiger charge is 2.43. The summed E-state index contributed by atoms with van der Waals surface area (Å²) in [6, 6.07) is 5.33. The average Bonchev–Trinajstić information content (AvgIpc) is 3.03. The smallest absolute Gasteiger partial charge is 0.410 e. The van der Waals surface area contributed by atoms with Crippen LogP contribution in [0.2, 0.25) is 5.02 Å². The molecule has 1 aromatic carbocycles. The van der Waals surface area contributed by atoms with Crippen molar-refractivity contribution in [3.63, 3.8) is 0 Å². The minimum Gasteiger partial charge on any atom is -0.444 e. The molecule has 6 heteroatoms. The number of hydrogen-bond donors (Lipinski definition) is 0. The van der Waals surface area contributed by atoms with Gasteiger partial charge >= 0.3 is 6.09 Å². The fourth-order valence-electron chi connectivity index (χ4n) is 3.56. The summed E-state index contributed by atoms with van der Waals surface area (Å²) >= 11 is 6.09. The van der Waals surface area contributed by atoms with Crippen LogP contribution in [0.15, 0.2) is 18.2 Å². The second-order valence-electron chi connectivity index (χ2n) is 7.63. The van der Waals surface area contributed by atoms with Crippen LogP contribution in [0.25, 0.3) is 0 Å². The lowest BCUT2D eigenvalue weighted by Gasteiger charge is -2.27. The lowest BCUT2D eigenvalue weighted by molar-refractivity contribution is 0.0282. The van der Waals surface area contributed by atoms with Crippen molar-refractivity contribution in [3.05, 3.63) is 28.8 Å². The van der Waals surface area contributed by atoms with Gasteiger partial charge in [0.25, 0.3) is 0 Å². The molecular weight excluding hydrogens is 328 g/mol. The molecule has 0 N–H and O–H groups in total. The van der Waals surface area contributed by atoms with E-state index in [1.165, 1.54) is 0 Å². The summed E-state index contributed by atoms with van der Waals surface area (Å²) in [5.74, 6) is 0.798. The van der Waals surface area contributed by atoms with Crippen LogP contribution in [0.5, 0.6) is 0 Å². The third kappa shape index (κ3) is 3.51. The van der Waals surface area contributed by atoms with Crippen molar-refractivity contribution in [1.82, 2.24) is 4.90 Å². The number of likely N-dealkylation sites (tertiary alicyclic amines) is 1. The molecule has 0 aliphatic carbocycles. The van der Waals surface area contributed by atoms with Crippen LogP contribution in [-0.2, 0) is 4.74 Å². The number of amides is 1. The second kappa shape index (κ2) is 6.28. The monoisotopic (exact) mass is 350 g/mol. The largest absolute Gasteiger partial charge is 0.444 e. The van der Waals surface area contributed by atoms with Crippen LogP contribution >= 0.6 is 11.6 Å². The molecule has 130 valence electrons. The SMILES string of the molecule is CC(C)(C)OC(=O)N1CC2CN(c3cc(Cl)ccc3C=O)CC2C1. The third-order valence-electron chi connectivity index (χ3n) is 4.60. The topological polar surface area (TPSA) is 49.9 Å². The number of rotatable bonds is 2. The Kier molecular flexibility index (Phi) is 4.47. The highest BCUT2D eigenvalue weighted by molar-refractivity contribution is 6.31. The molecule has 3 rings (SSSR count). The molecular formula is C18H23ClN2O3. The van der Waals surface area contributed by atoms with Crippen LogP contribution in [0.3, 0.4) is 0 Å². The van der Waals surface area contributed by atoms with Gasteiger partial charge in [-0.05, 0) is 39.0 Å². The summed E-state index contributed by atoms with van der Waals surface area (Å²) in [5.41, 5.74) is 1.07. The lowest BCUT2D eigenvalue weighted by Crippen LogP contribution is -2.37. The summed E-state index contributed by atoms with van der Waals surface area (Å²) in [6.07, 6.45) is 0.632. The van der Waals surface area contributed by atoms with Gasteiger partial charge < -0.3 is 14.5 Å². The van der Waals surface area contributed by atoms with Gasteiger partial charge in [0.1, 0.15) is 5.60 Å². The first-order valence-electron chi connectivity index (χ1n) is 8.24. The molecule has 0 bridgehead atoms. The van der Waals surface area contributed by atoms with Gasteiger partial charge in [0.2, 0.25) is 0 Å². The number of nitrogens with zero attached hydrogens (tertiary/aromatic N) is 2. The standard InChI is InChI=1S/C18H23ClN2O3/c1-18(2,3)24-17(23)21-9-13-7-20(8-14(13)10-21)16-6-15(19)5-4-12(16)11-22/h4-6,11,13-14H,7-10H2,1-3H3. The van der Waals surface area contributed by atoms with Gasteiger partial charge in [0.05, 0.1) is 0 Å². The van der Waals surface area contributed by atoms with Crippen LogP contribution in [0.4, 0.5) is 10.5 Å². The Balaban J connectivity index is 1.66. The van der Waals surface area contributed by atoms with Gasteiger partial charge in [-0.2, -0.15) is 0 Å². The number of carbonyl (C=O) groups is 2. The van der Waals surface area contributed by atoms with E-state index in [0.29, 0.717) is 35.5 Å². The molecule has 2 fully saturated rings. The molecule has 2 unspecified atom stereocenters. The minimum atomic E-state index is -0.472. The Hall–Kier alpha value is -1.75. The molecule has 2 aliphatic rings. The fourth-order valence-corrected chi connectivity index (χ4v) is 3.72. The van der Waals surface area contributed by atoms with Crippen molar-refractivity contribution in [2.45, 2.75) is 26.4 Å². The number of carbonyl (C=O) groups excluding carboxylic acids is 2. The maximum absolute atomic E-state index is 12.2. The Morgan fingerprint density at radius 1 is 1.21 bits per heavy atom. The summed E-state index contributed by atoms with van der Waals surface area (Å²) in [6.45, 7) is 8.69. The van der Waals surface area contributed by atoms with Crippen molar-refractivity contribution in [2.75, 3.05) is 31.1 Å². The van der Waals surface area contributed by atoms with Crippen molar-refractivity contribution in [1.29, 1.82) is 0 Å². The summed E-state index contributed by atoms with van der Waals surface area (Å²) < 4.78 is 5.46. The minimum absolute atomic E-state index is 0.236. The van der Waals surface area contributed by atoms with E-state index in [0.717, 1.165) is 25.1 Å². The third-order valence-corrected chi connectivity index (χ3v) is 4.83. The molecule has 2 heterocycles. The van der Waals surface area contributed by atoms with E-state index in [1.807, 2.05) is 26.8 Å². The highest BCUT2D eigenvalue weighted by atomic mass is 35.5.